The normalized spacial score (nSPS) is 9.10. The van der Waals surface area contributed by atoms with Gasteiger partial charge in [0.15, 0.2) is 6.79 Å². The first kappa shape index (κ1) is 48.4. The van der Waals surface area contributed by atoms with Crippen LogP contribution in [-0.4, -0.2) is 90.2 Å². The zero-order valence-corrected chi connectivity index (χ0v) is 27.1. The highest BCUT2D eigenvalue weighted by molar-refractivity contribution is 7.86. The van der Waals surface area contributed by atoms with Crippen LogP contribution < -0.4 is 0 Å². The van der Waals surface area contributed by atoms with Gasteiger partial charge in [-0.2, -0.15) is 8.42 Å². The quantitative estimate of drug-likeness (QED) is 0.0933. The Labute approximate surface area is 248 Å². The van der Waals surface area contributed by atoms with Gasteiger partial charge < -0.3 is 33.2 Å². The number of rotatable bonds is 13. The molecule has 0 aliphatic carbocycles. The van der Waals surface area contributed by atoms with Gasteiger partial charge in [-0.15, -0.1) is 0 Å². The number of carbonyl (C=O) groups is 6. The first-order valence-electron chi connectivity index (χ1n) is 12.8. The third kappa shape index (κ3) is 61.0. The molecule has 42 heavy (non-hydrogen) atoms. The summed E-state index contributed by atoms with van der Waals surface area (Å²) < 4.78 is 56.4. The Morgan fingerprint density at radius 3 is 1.14 bits per heavy atom. The van der Waals surface area contributed by atoms with E-state index in [4.69, 9.17) is 4.74 Å². The van der Waals surface area contributed by atoms with Crippen molar-refractivity contribution in [2.45, 2.75) is 82.1 Å². The lowest BCUT2D eigenvalue weighted by atomic mass is 10.5. The summed E-state index contributed by atoms with van der Waals surface area (Å²) in [5.41, 5.74) is 0. The van der Waals surface area contributed by atoms with E-state index in [9.17, 15) is 37.2 Å². The predicted molar refractivity (Wildman–Crippen MR) is 148 cm³/mol. The summed E-state index contributed by atoms with van der Waals surface area (Å²) in [4.78, 5) is 60.6. The van der Waals surface area contributed by atoms with Gasteiger partial charge in [0, 0.05) is 47.1 Å². The molecule has 0 bridgehead atoms. The Kier molecular flexibility index (Phi) is 41.2. The zero-order valence-electron chi connectivity index (χ0n) is 26.3. The first-order chi connectivity index (χ1) is 19.5. The molecule has 0 radical (unpaired) electrons. The van der Waals surface area contributed by atoms with E-state index in [1.54, 1.807) is 27.7 Å². The highest BCUT2D eigenvalue weighted by Gasteiger charge is 2.07. The summed E-state index contributed by atoms with van der Waals surface area (Å²) in [6.45, 7) is 16.3. The van der Waals surface area contributed by atoms with Crippen molar-refractivity contribution in [2.75, 3.05) is 46.0 Å². The van der Waals surface area contributed by atoms with Crippen LogP contribution in [0.1, 0.15) is 82.1 Å². The fourth-order valence-corrected chi connectivity index (χ4v) is 1.58. The Hall–Kier alpha value is -3.31. The van der Waals surface area contributed by atoms with Crippen LogP contribution in [-0.2, 0) is 76.2 Å². The van der Waals surface area contributed by atoms with Gasteiger partial charge in [0.2, 0.25) is 13.6 Å². The molecule has 0 aromatic heterocycles. The Bertz CT molecular complexity index is 824. The van der Waals surface area contributed by atoms with Crippen molar-refractivity contribution < 1.29 is 74.5 Å². The van der Waals surface area contributed by atoms with E-state index in [0.29, 0.717) is 32.7 Å². The van der Waals surface area contributed by atoms with Crippen molar-refractivity contribution in [1.82, 2.24) is 0 Å². The van der Waals surface area contributed by atoms with Crippen LogP contribution in [0.5, 0.6) is 0 Å². The van der Waals surface area contributed by atoms with E-state index in [1.165, 1.54) is 34.6 Å². The average molecular weight is 637 g/mol. The van der Waals surface area contributed by atoms with Crippen molar-refractivity contribution in [3.63, 3.8) is 0 Å². The first-order valence-corrected chi connectivity index (χ1v) is 14.4. The zero-order chi connectivity index (χ0) is 34.0. The highest BCUT2D eigenvalue weighted by Crippen LogP contribution is 1.92. The van der Waals surface area contributed by atoms with Crippen LogP contribution in [0.4, 0.5) is 0 Å². The monoisotopic (exact) mass is 636 g/mol. The number of hydrogen-bond acceptors (Lipinski definition) is 16. The van der Waals surface area contributed by atoms with E-state index >= 15 is 0 Å². The van der Waals surface area contributed by atoms with E-state index in [-0.39, 0.29) is 43.2 Å². The Morgan fingerprint density at radius 1 is 0.476 bits per heavy atom. The van der Waals surface area contributed by atoms with E-state index in [2.05, 4.69) is 32.6 Å². The number of carbonyl (C=O) groups excluding carboxylic acids is 6. The molecule has 0 aliphatic rings. The van der Waals surface area contributed by atoms with Gasteiger partial charge in [-0.1, -0.05) is 13.8 Å². The maximum absolute atomic E-state index is 10.6. The fourth-order valence-electron chi connectivity index (χ4n) is 1.22. The Morgan fingerprint density at radius 2 is 0.857 bits per heavy atom. The second-order valence-electron chi connectivity index (χ2n) is 6.67. The minimum Gasteiger partial charge on any atom is -0.466 e. The largest absolute Gasteiger partial charge is 0.466 e. The van der Waals surface area contributed by atoms with Crippen molar-refractivity contribution in [1.29, 1.82) is 0 Å². The SMILES string of the molecule is CCC(=O)OCOC(C)=O.CCOC(=O)CC.CCOC(C)=O.CCOCOC(C)=O.CCS(=O)(=O)OCOC(C)=O. The molecule has 0 aromatic carbocycles. The molecule has 0 spiro atoms. The van der Waals surface area contributed by atoms with Gasteiger partial charge in [0.05, 0.1) is 19.0 Å². The predicted octanol–water partition coefficient (Wildman–Crippen LogP) is 2.41. The van der Waals surface area contributed by atoms with Gasteiger partial charge in [-0.3, -0.25) is 28.8 Å². The van der Waals surface area contributed by atoms with E-state index < -0.39 is 28.8 Å². The lowest BCUT2D eigenvalue weighted by molar-refractivity contribution is -0.165. The molecule has 0 amide bonds. The van der Waals surface area contributed by atoms with Crippen molar-refractivity contribution in [3.8, 4) is 0 Å². The third-order valence-corrected chi connectivity index (χ3v) is 4.27. The second-order valence-corrected chi connectivity index (χ2v) is 8.60. The van der Waals surface area contributed by atoms with Gasteiger partial charge in [-0.25, -0.2) is 4.18 Å². The molecule has 250 valence electrons. The summed E-state index contributed by atoms with van der Waals surface area (Å²) >= 11 is 0. The third-order valence-electron chi connectivity index (χ3n) is 3.11. The van der Waals surface area contributed by atoms with Crippen LogP contribution in [0.2, 0.25) is 0 Å². The molecule has 0 aromatic rings. The van der Waals surface area contributed by atoms with Crippen molar-refractivity contribution in [2.24, 2.45) is 0 Å². The standard InChI is InChI=1S/C6H10O4.C5H10O5S.C5H10O3.C5H10O2.C4H8O2/c1-3-6(8)10-4-9-5(2)7;1-3-11(7,8)10-4-9-5(2)6;1-3-7-4-8-5(2)6;1-3-5(6)7-4-2;1-3-6-4(2)5/h3-4H2,1-2H3;3-4H2,1-2H3;3-4H2,1-2H3;3-4H2,1-2H3;3H2,1-2H3. The molecule has 0 saturated carbocycles. The van der Waals surface area contributed by atoms with E-state index in [1.807, 2.05) is 6.92 Å². The maximum Gasteiger partial charge on any atom is 0.308 e. The maximum atomic E-state index is 10.6. The number of hydrogen-bond donors (Lipinski definition) is 0. The molecule has 0 N–H and O–H groups in total. The van der Waals surface area contributed by atoms with Crippen LogP contribution in [0.3, 0.4) is 0 Å². The summed E-state index contributed by atoms with van der Waals surface area (Å²) in [6, 6.07) is 0. The molecule has 0 fully saturated rings. The molecule has 0 atom stereocenters. The smallest absolute Gasteiger partial charge is 0.308 e. The average Bonchev–Trinajstić information content (AvgIpc) is 2.89. The lowest BCUT2D eigenvalue weighted by Gasteiger charge is -2.01. The Balaban J connectivity index is -0.000000138. The highest BCUT2D eigenvalue weighted by atomic mass is 32.2. The summed E-state index contributed by atoms with van der Waals surface area (Å²) in [6.07, 6.45) is 0.773. The summed E-state index contributed by atoms with van der Waals surface area (Å²) in [7, 11) is -3.49. The fraction of sp³-hybridized carbons (Fsp3) is 0.760. The van der Waals surface area contributed by atoms with Gasteiger partial charge in [0.1, 0.15) is 0 Å². The van der Waals surface area contributed by atoms with Crippen LogP contribution in [0, 0.1) is 0 Å². The molecule has 16 nitrogen and oxygen atoms in total. The van der Waals surface area contributed by atoms with Gasteiger partial charge in [0.25, 0.3) is 10.1 Å². The van der Waals surface area contributed by atoms with Gasteiger partial charge in [-0.05, 0) is 27.7 Å². The van der Waals surface area contributed by atoms with E-state index in [0.717, 1.165) is 0 Å². The molecule has 0 heterocycles. The molecular weight excluding hydrogens is 588 g/mol. The minimum atomic E-state index is -3.49. The lowest BCUT2D eigenvalue weighted by Crippen LogP contribution is -2.12. The van der Waals surface area contributed by atoms with Crippen LogP contribution in [0.25, 0.3) is 0 Å². The van der Waals surface area contributed by atoms with Crippen LogP contribution in [0.15, 0.2) is 0 Å². The molecule has 0 aliphatic heterocycles. The molecule has 17 heteroatoms. The number of ether oxygens (including phenoxy) is 7. The summed E-state index contributed by atoms with van der Waals surface area (Å²) in [5.74, 6) is -2.17. The summed E-state index contributed by atoms with van der Waals surface area (Å²) in [5, 5.41) is 0. The molecule has 0 unspecified atom stereocenters. The molecule has 0 rings (SSSR count). The molecule has 0 saturated heterocycles. The van der Waals surface area contributed by atoms with Crippen LogP contribution >= 0.6 is 0 Å². The minimum absolute atomic E-state index is 0.0752. The molecular formula is C25H48O16S. The second kappa shape index (κ2) is 35.7. The number of esters is 6. The topological polar surface area (TPSA) is 210 Å². The van der Waals surface area contributed by atoms with Crippen molar-refractivity contribution >= 4 is 45.9 Å². The van der Waals surface area contributed by atoms with Gasteiger partial charge >= 0.3 is 35.8 Å². The van der Waals surface area contributed by atoms with Crippen molar-refractivity contribution in [3.05, 3.63) is 0 Å².